The van der Waals surface area contributed by atoms with E-state index in [2.05, 4.69) is 0 Å². The van der Waals surface area contributed by atoms with Gasteiger partial charge in [0.1, 0.15) is 10.0 Å². The van der Waals surface area contributed by atoms with Gasteiger partial charge in [0.15, 0.2) is 0 Å². The largest absolute Gasteiger partial charge is 0.385 e. The van der Waals surface area contributed by atoms with Crippen molar-refractivity contribution >= 4 is 50.3 Å². The van der Waals surface area contributed by atoms with Gasteiger partial charge in [-0.15, -0.1) is 0 Å². The van der Waals surface area contributed by atoms with Gasteiger partial charge in [0.2, 0.25) is 10.0 Å². The molecule has 0 N–H and O–H groups in total. The van der Waals surface area contributed by atoms with Gasteiger partial charge in [-0.05, 0) is 49.6 Å². The Balaban J connectivity index is 1.55. The maximum Gasteiger partial charge on any atom is 0.266 e. The number of hydrogen-bond donors (Lipinski definition) is 0. The summed E-state index contributed by atoms with van der Waals surface area (Å²) in [7, 11) is -1.97. The number of hydrogen-bond acceptors (Lipinski definition) is 7. The van der Waals surface area contributed by atoms with Gasteiger partial charge in [0.25, 0.3) is 5.91 Å². The number of para-hydroxylation sites is 1. The topological polar surface area (TPSA) is 84.7 Å². The molecule has 198 valence electrons. The van der Waals surface area contributed by atoms with Crippen LogP contribution in [0.4, 0.5) is 0 Å². The zero-order valence-corrected chi connectivity index (χ0v) is 23.4. The Bertz CT molecular complexity index is 1480. The van der Waals surface area contributed by atoms with Crippen LogP contribution in [0.5, 0.6) is 0 Å². The number of thiocarbonyl (C=S) groups is 1. The summed E-state index contributed by atoms with van der Waals surface area (Å²) in [5, 5.41) is 4.82. The second kappa shape index (κ2) is 11.5. The molecule has 3 heterocycles. The fourth-order valence-corrected chi connectivity index (χ4v) is 7.38. The molecule has 3 aromatic rings. The number of aromatic nitrogens is 2. The van der Waals surface area contributed by atoms with Crippen LogP contribution in [-0.2, 0) is 19.6 Å². The summed E-state index contributed by atoms with van der Waals surface area (Å²) in [6.45, 7) is 2.10. The highest BCUT2D eigenvalue weighted by atomic mass is 32.2. The standard InChI is InChI=1S/C27H28N4O4S3/c1-35-16-8-15-30-26(32)24(37-27(30)36)18-21-19-31(22-10-3-2-4-11-22)28-25(21)20-9-7-12-23(17-20)38(33,34)29-13-5-6-14-29/h2-4,7,9-12,17-19H,5-6,8,13-16H2,1H3/b24-18-. The summed E-state index contributed by atoms with van der Waals surface area (Å²) in [4.78, 5) is 15.5. The predicted octanol–water partition coefficient (Wildman–Crippen LogP) is 4.56. The van der Waals surface area contributed by atoms with E-state index in [4.69, 9.17) is 22.1 Å². The number of sulfonamides is 1. The summed E-state index contributed by atoms with van der Waals surface area (Å²) < 4.78 is 35.4. The monoisotopic (exact) mass is 568 g/mol. The molecule has 0 spiro atoms. The van der Waals surface area contributed by atoms with Crippen molar-refractivity contribution in [3.05, 3.63) is 71.3 Å². The number of carbonyl (C=O) groups is 1. The van der Waals surface area contributed by atoms with E-state index in [9.17, 15) is 13.2 Å². The molecule has 5 rings (SSSR count). The maximum absolute atomic E-state index is 13.2. The van der Waals surface area contributed by atoms with Crippen LogP contribution in [0.2, 0.25) is 0 Å². The molecule has 1 aromatic heterocycles. The minimum atomic E-state index is -3.59. The molecule has 11 heteroatoms. The summed E-state index contributed by atoms with van der Waals surface area (Å²) in [5.74, 6) is -0.153. The highest BCUT2D eigenvalue weighted by molar-refractivity contribution is 8.26. The Kier molecular flexibility index (Phi) is 8.10. The van der Waals surface area contributed by atoms with E-state index in [-0.39, 0.29) is 10.8 Å². The third-order valence-corrected chi connectivity index (χ3v) is 9.74. The SMILES string of the molecule is COCCCN1C(=O)/C(=C/c2cn(-c3ccccc3)nc2-c2cccc(S(=O)(=O)N3CCCC3)c2)SC1=S. The molecule has 2 fully saturated rings. The Hall–Kier alpha value is -2.83. The number of thioether (sulfide) groups is 1. The molecular formula is C27H28N4O4S3. The zero-order valence-electron chi connectivity index (χ0n) is 20.9. The first-order chi connectivity index (χ1) is 18.4. The van der Waals surface area contributed by atoms with Gasteiger partial charge in [-0.25, -0.2) is 13.1 Å². The molecular weight excluding hydrogens is 541 g/mol. The van der Waals surface area contributed by atoms with Crippen LogP contribution in [0.15, 0.2) is 70.6 Å². The van der Waals surface area contributed by atoms with Crippen molar-refractivity contribution in [3.63, 3.8) is 0 Å². The molecule has 0 saturated carbocycles. The quantitative estimate of drug-likeness (QED) is 0.213. The Morgan fingerprint density at radius 1 is 1.11 bits per heavy atom. The van der Waals surface area contributed by atoms with Crippen LogP contribution < -0.4 is 0 Å². The van der Waals surface area contributed by atoms with Crippen LogP contribution in [0.1, 0.15) is 24.8 Å². The van der Waals surface area contributed by atoms with Crippen molar-refractivity contribution < 1.29 is 17.9 Å². The Morgan fingerprint density at radius 2 is 1.87 bits per heavy atom. The lowest BCUT2D eigenvalue weighted by atomic mass is 10.1. The molecule has 1 amide bonds. The van der Waals surface area contributed by atoms with E-state index in [0.29, 0.717) is 58.7 Å². The number of amides is 1. The summed E-state index contributed by atoms with van der Waals surface area (Å²) in [6, 6.07) is 16.5. The van der Waals surface area contributed by atoms with Crippen LogP contribution in [0.25, 0.3) is 23.0 Å². The first-order valence-corrected chi connectivity index (χ1v) is 15.0. The first kappa shape index (κ1) is 26.8. The molecule has 0 radical (unpaired) electrons. The highest BCUT2D eigenvalue weighted by Gasteiger charge is 2.32. The van der Waals surface area contributed by atoms with Crippen molar-refractivity contribution in [1.29, 1.82) is 0 Å². The van der Waals surface area contributed by atoms with Crippen molar-refractivity contribution in [3.8, 4) is 16.9 Å². The number of nitrogens with zero attached hydrogens (tertiary/aromatic N) is 4. The number of benzene rings is 2. The van der Waals surface area contributed by atoms with Gasteiger partial charge in [-0.3, -0.25) is 9.69 Å². The van der Waals surface area contributed by atoms with E-state index in [1.54, 1.807) is 41.0 Å². The maximum atomic E-state index is 13.2. The zero-order chi connectivity index (χ0) is 26.7. The summed E-state index contributed by atoms with van der Waals surface area (Å²) in [5.41, 5.74) is 2.78. The fraction of sp³-hybridized carbons (Fsp3) is 0.296. The minimum Gasteiger partial charge on any atom is -0.385 e. The predicted molar refractivity (Wildman–Crippen MR) is 153 cm³/mol. The Labute approximate surface area is 232 Å². The average Bonchev–Trinajstić information content (AvgIpc) is 3.67. The van der Waals surface area contributed by atoms with Gasteiger partial charge in [-0.1, -0.05) is 54.3 Å². The molecule has 8 nitrogen and oxygen atoms in total. The molecule has 2 aliphatic rings. The second-order valence-corrected chi connectivity index (χ2v) is 12.6. The van der Waals surface area contributed by atoms with Crippen LogP contribution in [0.3, 0.4) is 0 Å². The van der Waals surface area contributed by atoms with E-state index >= 15 is 0 Å². The molecule has 0 bridgehead atoms. The first-order valence-electron chi connectivity index (χ1n) is 12.4. The van der Waals surface area contributed by atoms with E-state index < -0.39 is 10.0 Å². The second-order valence-electron chi connectivity index (χ2n) is 9.03. The summed E-state index contributed by atoms with van der Waals surface area (Å²) >= 11 is 6.73. The van der Waals surface area contributed by atoms with E-state index in [0.717, 1.165) is 18.5 Å². The number of methoxy groups -OCH3 is 1. The minimum absolute atomic E-state index is 0.153. The Morgan fingerprint density at radius 3 is 2.61 bits per heavy atom. The lowest BCUT2D eigenvalue weighted by Crippen LogP contribution is -2.29. The van der Waals surface area contributed by atoms with Crippen LogP contribution >= 0.6 is 24.0 Å². The number of rotatable bonds is 9. The van der Waals surface area contributed by atoms with Crippen molar-refractivity contribution in [1.82, 2.24) is 19.0 Å². The van der Waals surface area contributed by atoms with E-state index in [1.165, 1.54) is 16.1 Å². The van der Waals surface area contributed by atoms with Crippen molar-refractivity contribution in [2.45, 2.75) is 24.2 Å². The third-order valence-electron chi connectivity index (χ3n) is 6.46. The van der Waals surface area contributed by atoms with Gasteiger partial charge >= 0.3 is 0 Å². The lowest BCUT2D eigenvalue weighted by molar-refractivity contribution is -0.122. The van der Waals surface area contributed by atoms with Gasteiger partial charge in [0.05, 0.1) is 15.5 Å². The number of ether oxygens (including phenoxy) is 1. The van der Waals surface area contributed by atoms with Gasteiger partial charge in [0, 0.05) is 50.7 Å². The van der Waals surface area contributed by atoms with Crippen LogP contribution in [-0.4, -0.2) is 71.0 Å². The van der Waals surface area contributed by atoms with Gasteiger partial charge in [-0.2, -0.15) is 9.40 Å². The molecule has 38 heavy (non-hydrogen) atoms. The number of carbonyl (C=O) groups excluding carboxylic acids is 1. The normalized spacial score (nSPS) is 17.7. The molecule has 0 atom stereocenters. The molecule has 2 saturated heterocycles. The lowest BCUT2D eigenvalue weighted by Gasteiger charge is -2.16. The van der Waals surface area contributed by atoms with Crippen LogP contribution in [0, 0.1) is 0 Å². The smallest absolute Gasteiger partial charge is 0.266 e. The molecule has 2 aliphatic heterocycles. The van der Waals surface area contributed by atoms with E-state index in [1.807, 2.05) is 42.6 Å². The average molecular weight is 569 g/mol. The van der Waals surface area contributed by atoms with Crippen molar-refractivity contribution in [2.24, 2.45) is 0 Å². The van der Waals surface area contributed by atoms with Gasteiger partial charge < -0.3 is 4.74 Å². The fourth-order valence-electron chi connectivity index (χ4n) is 4.51. The van der Waals surface area contributed by atoms with Crippen molar-refractivity contribution in [2.75, 3.05) is 33.4 Å². The summed E-state index contributed by atoms with van der Waals surface area (Å²) in [6.07, 6.45) is 6.07. The molecule has 0 aliphatic carbocycles. The third kappa shape index (κ3) is 5.48. The molecule has 2 aromatic carbocycles. The molecule has 0 unspecified atom stereocenters. The highest BCUT2D eigenvalue weighted by Crippen LogP contribution is 2.35.